The van der Waals surface area contributed by atoms with Crippen molar-refractivity contribution in [1.29, 1.82) is 0 Å². The van der Waals surface area contributed by atoms with Crippen LogP contribution in [0.3, 0.4) is 0 Å². The fourth-order valence-corrected chi connectivity index (χ4v) is 1.63. The number of hydrogen-bond acceptors (Lipinski definition) is 3. The molecule has 5 N–H and O–H groups in total. The van der Waals surface area contributed by atoms with Crippen molar-refractivity contribution >= 4 is 17.6 Å². The molecule has 1 aliphatic rings. The van der Waals surface area contributed by atoms with E-state index in [1.165, 1.54) is 0 Å². The average molecular weight is 249 g/mol. The van der Waals surface area contributed by atoms with Gasteiger partial charge in [0.25, 0.3) is 5.91 Å². The summed E-state index contributed by atoms with van der Waals surface area (Å²) in [5, 5.41) is 14.3. The standard InChI is InChI=1S/C12H15N3O3/c13-11(18)14-9-3-1-8(2-4-9)10(17)15-12(7-16)5-6-12/h1-4,16H,5-7H2,(H,15,17)(H3,13,14,18). The quantitative estimate of drug-likeness (QED) is 0.622. The van der Waals surface area contributed by atoms with Gasteiger partial charge in [0.2, 0.25) is 0 Å². The summed E-state index contributed by atoms with van der Waals surface area (Å²) in [5.74, 6) is -0.229. The molecule has 6 nitrogen and oxygen atoms in total. The predicted molar refractivity (Wildman–Crippen MR) is 66.2 cm³/mol. The van der Waals surface area contributed by atoms with Crippen LogP contribution in [0.1, 0.15) is 23.2 Å². The summed E-state index contributed by atoms with van der Waals surface area (Å²) in [6.45, 7) is -0.0416. The lowest BCUT2D eigenvalue weighted by Crippen LogP contribution is -2.39. The highest BCUT2D eigenvalue weighted by Gasteiger charge is 2.43. The first kappa shape index (κ1) is 12.4. The first-order valence-corrected chi connectivity index (χ1v) is 5.65. The molecule has 6 heteroatoms. The minimum atomic E-state index is -0.649. The smallest absolute Gasteiger partial charge is 0.316 e. The van der Waals surface area contributed by atoms with Gasteiger partial charge in [0.1, 0.15) is 0 Å². The molecule has 0 atom stereocenters. The number of hydrogen-bond donors (Lipinski definition) is 4. The number of amides is 3. The zero-order valence-electron chi connectivity index (χ0n) is 9.77. The molecule has 0 saturated heterocycles. The Morgan fingerprint density at radius 3 is 2.33 bits per heavy atom. The molecule has 18 heavy (non-hydrogen) atoms. The van der Waals surface area contributed by atoms with E-state index in [0.29, 0.717) is 11.3 Å². The van der Waals surface area contributed by atoms with Crippen LogP contribution in [0.4, 0.5) is 10.5 Å². The lowest BCUT2D eigenvalue weighted by molar-refractivity contribution is 0.0907. The monoisotopic (exact) mass is 249 g/mol. The lowest BCUT2D eigenvalue weighted by Gasteiger charge is -2.14. The Kier molecular flexibility index (Phi) is 3.20. The number of aliphatic hydroxyl groups is 1. The summed E-state index contributed by atoms with van der Waals surface area (Å²) < 4.78 is 0. The molecule has 1 aliphatic carbocycles. The maximum Gasteiger partial charge on any atom is 0.316 e. The molecule has 3 amide bonds. The van der Waals surface area contributed by atoms with E-state index < -0.39 is 11.6 Å². The summed E-state index contributed by atoms with van der Waals surface area (Å²) in [6, 6.07) is 5.72. The Hall–Kier alpha value is -2.08. The Morgan fingerprint density at radius 1 is 1.28 bits per heavy atom. The Morgan fingerprint density at radius 2 is 1.89 bits per heavy atom. The van der Waals surface area contributed by atoms with Gasteiger partial charge < -0.3 is 21.5 Å². The van der Waals surface area contributed by atoms with Gasteiger partial charge in [0, 0.05) is 11.3 Å². The first-order valence-electron chi connectivity index (χ1n) is 5.65. The van der Waals surface area contributed by atoms with Crippen LogP contribution in [0, 0.1) is 0 Å². The number of nitrogens with two attached hydrogens (primary N) is 1. The van der Waals surface area contributed by atoms with Crippen LogP contribution in [0.25, 0.3) is 0 Å². The molecule has 0 bridgehead atoms. The molecule has 1 fully saturated rings. The number of aliphatic hydroxyl groups excluding tert-OH is 1. The normalized spacial score (nSPS) is 15.8. The molecule has 0 heterocycles. The van der Waals surface area contributed by atoms with Crippen molar-refractivity contribution in [1.82, 2.24) is 5.32 Å². The third-order valence-electron chi connectivity index (χ3n) is 2.95. The van der Waals surface area contributed by atoms with E-state index in [4.69, 9.17) is 10.8 Å². The SMILES string of the molecule is NC(=O)Nc1ccc(C(=O)NC2(CO)CC2)cc1. The van der Waals surface area contributed by atoms with Crippen LogP contribution in [-0.4, -0.2) is 29.2 Å². The molecule has 2 rings (SSSR count). The maximum absolute atomic E-state index is 11.9. The highest BCUT2D eigenvalue weighted by molar-refractivity contribution is 5.96. The van der Waals surface area contributed by atoms with Crippen LogP contribution in [0.2, 0.25) is 0 Å². The number of anilines is 1. The van der Waals surface area contributed by atoms with Crippen molar-refractivity contribution in [2.75, 3.05) is 11.9 Å². The number of carbonyl (C=O) groups is 2. The molecule has 0 aromatic heterocycles. The van der Waals surface area contributed by atoms with Crippen LogP contribution in [0.15, 0.2) is 24.3 Å². The van der Waals surface area contributed by atoms with Gasteiger partial charge in [0.05, 0.1) is 12.1 Å². The predicted octanol–water partition coefficient (Wildman–Crippen LogP) is 0.432. The molecule has 0 aliphatic heterocycles. The van der Waals surface area contributed by atoms with Gasteiger partial charge in [-0.05, 0) is 37.1 Å². The highest BCUT2D eigenvalue weighted by Crippen LogP contribution is 2.34. The number of carbonyl (C=O) groups excluding carboxylic acids is 2. The van der Waals surface area contributed by atoms with Crippen molar-refractivity contribution in [3.05, 3.63) is 29.8 Å². The fourth-order valence-electron chi connectivity index (χ4n) is 1.63. The van der Waals surface area contributed by atoms with Crippen molar-refractivity contribution in [2.45, 2.75) is 18.4 Å². The van der Waals surface area contributed by atoms with Crippen LogP contribution >= 0.6 is 0 Å². The van der Waals surface area contributed by atoms with Gasteiger partial charge in [0.15, 0.2) is 0 Å². The molecule has 0 spiro atoms. The van der Waals surface area contributed by atoms with E-state index in [1.807, 2.05) is 0 Å². The first-order chi connectivity index (χ1) is 8.54. The van der Waals surface area contributed by atoms with Crippen molar-refractivity contribution in [3.8, 4) is 0 Å². The molecular formula is C12H15N3O3. The van der Waals surface area contributed by atoms with E-state index in [-0.39, 0.29) is 12.5 Å². The van der Waals surface area contributed by atoms with Crippen LogP contribution < -0.4 is 16.4 Å². The zero-order chi connectivity index (χ0) is 13.2. The molecule has 0 radical (unpaired) electrons. The average Bonchev–Trinajstić information content (AvgIpc) is 3.09. The van der Waals surface area contributed by atoms with E-state index >= 15 is 0 Å². The van der Waals surface area contributed by atoms with Crippen molar-refractivity contribution < 1.29 is 14.7 Å². The van der Waals surface area contributed by atoms with Crippen molar-refractivity contribution in [3.63, 3.8) is 0 Å². The second-order valence-electron chi connectivity index (χ2n) is 4.46. The van der Waals surface area contributed by atoms with Gasteiger partial charge in [-0.1, -0.05) is 0 Å². The van der Waals surface area contributed by atoms with E-state index in [2.05, 4.69) is 10.6 Å². The molecule has 0 unspecified atom stereocenters. The van der Waals surface area contributed by atoms with Crippen LogP contribution in [-0.2, 0) is 0 Å². The van der Waals surface area contributed by atoms with Gasteiger partial charge in [-0.15, -0.1) is 0 Å². The van der Waals surface area contributed by atoms with Gasteiger partial charge in [-0.25, -0.2) is 4.79 Å². The van der Waals surface area contributed by atoms with E-state index in [0.717, 1.165) is 12.8 Å². The third kappa shape index (κ3) is 2.78. The van der Waals surface area contributed by atoms with Gasteiger partial charge in [-0.2, -0.15) is 0 Å². The van der Waals surface area contributed by atoms with Crippen LogP contribution in [0.5, 0.6) is 0 Å². The summed E-state index contributed by atoms with van der Waals surface area (Å²) in [4.78, 5) is 22.5. The minimum absolute atomic E-state index is 0.0416. The summed E-state index contributed by atoms with van der Waals surface area (Å²) >= 11 is 0. The second-order valence-corrected chi connectivity index (χ2v) is 4.46. The molecular weight excluding hydrogens is 234 g/mol. The number of rotatable bonds is 4. The summed E-state index contributed by atoms with van der Waals surface area (Å²) in [6.07, 6.45) is 1.60. The lowest BCUT2D eigenvalue weighted by atomic mass is 10.1. The van der Waals surface area contributed by atoms with Crippen molar-refractivity contribution in [2.24, 2.45) is 5.73 Å². The molecule has 96 valence electrons. The number of benzene rings is 1. The third-order valence-corrected chi connectivity index (χ3v) is 2.95. The van der Waals surface area contributed by atoms with E-state index in [1.54, 1.807) is 24.3 Å². The summed E-state index contributed by atoms with van der Waals surface area (Å²) in [5.41, 5.74) is 5.55. The van der Waals surface area contributed by atoms with Gasteiger partial charge >= 0.3 is 6.03 Å². The second kappa shape index (κ2) is 4.66. The van der Waals surface area contributed by atoms with Gasteiger partial charge in [-0.3, -0.25) is 4.79 Å². The Labute approximate surface area is 104 Å². The highest BCUT2D eigenvalue weighted by atomic mass is 16.3. The Balaban J connectivity index is 2.00. The number of primary amides is 1. The minimum Gasteiger partial charge on any atom is -0.394 e. The molecule has 1 aromatic rings. The maximum atomic E-state index is 11.9. The fraction of sp³-hybridized carbons (Fsp3) is 0.333. The largest absolute Gasteiger partial charge is 0.394 e. The number of nitrogens with one attached hydrogen (secondary N) is 2. The zero-order valence-corrected chi connectivity index (χ0v) is 9.77. The molecule has 1 aromatic carbocycles. The Bertz CT molecular complexity index is 466. The molecule has 1 saturated carbocycles. The summed E-state index contributed by atoms with van der Waals surface area (Å²) in [7, 11) is 0. The topological polar surface area (TPSA) is 104 Å². The number of urea groups is 1. The van der Waals surface area contributed by atoms with E-state index in [9.17, 15) is 9.59 Å².